The highest BCUT2D eigenvalue weighted by Crippen LogP contribution is 2.32. The Labute approximate surface area is 167 Å². The molecule has 28 heavy (non-hydrogen) atoms. The van der Waals surface area contributed by atoms with Crippen molar-refractivity contribution >= 4 is 23.3 Å². The summed E-state index contributed by atoms with van der Waals surface area (Å²) >= 11 is 6.07. The summed E-state index contributed by atoms with van der Waals surface area (Å²) < 4.78 is 44.0. The molecular weight excluding hydrogens is 397 g/mol. The molecule has 0 saturated carbocycles. The van der Waals surface area contributed by atoms with Gasteiger partial charge in [-0.25, -0.2) is 9.88 Å². The maximum atomic E-state index is 12.8. The van der Waals surface area contributed by atoms with E-state index in [0.29, 0.717) is 51.6 Å². The Hall–Kier alpha value is -1.58. The van der Waals surface area contributed by atoms with Gasteiger partial charge in [0.1, 0.15) is 37.4 Å². The molecule has 10 heteroatoms. The number of pyridine rings is 1. The van der Waals surface area contributed by atoms with Crippen LogP contribution in [0.15, 0.2) is 12.3 Å². The van der Waals surface area contributed by atoms with Crippen molar-refractivity contribution in [1.82, 2.24) is 4.90 Å². The zero-order valence-corrected chi connectivity index (χ0v) is 16.7. The number of anilines is 1. The Kier molecular flexibility index (Phi) is 6.36. The molecule has 2 atom stereocenters. The summed E-state index contributed by atoms with van der Waals surface area (Å²) in [6, 6.07) is 0.941. The van der Waals surface area contributed by atoms with E-state index in [1.54, 1.807) is 0 Å². The van der Waals surface area contributed by atoms with Gasteiger partial charge in [-0.15, -0.1) is 0 Å². The molecule has 1 aromatic heterocycles. The van der Waals surface area contributed by atoms with Crippen LogP contribution in [-0.4, -0.2) is 68.8 Å². The number of morpholine rings is 1. The number of hydrogen-bond donors (Lipinski definition) is 1. The Morgan fingerprint density at radius 3 is 2.43 bits per heavy atom. The fraction of sp³-hybridized carbons (Fsp3) is 0.667. The molecule has 0 unspecified atom stereocenters. The third-order valence-electron chi connectivity index (χ3n) is 5.16. The Bertz CT molecular complexity index is 701. The number of ether oxygens (including phenoxy) is 1. The van der Waals surface area contributed by atoms with Crippen molar-refractivity contribution in [2.45, 2.75) is 32.2 Å². The monoisotopic (exact) mass is 422 g/mol. The molecule has 2 fully saturated rings. The van der Waals surface area contributed by atoms with Crippen LogP contribution in [0.25, 0.3) is 0 Å². The van der Waals surface area contributed by atoms with Gasteiger partial charge in [0, 0.05) is 13.1 Å². The van der Waals surface area contributed by atoms with Gasteiger partial charge in [0.25, 0.3) is 11.7 Å². The van der Waals surface area contributed by atoms with Crippen molar-refractivity contribution in [2.75, 3.05) is 50.7 Å². The normalized spacial score (nSPS) is 24.5. The van der Waals surface area contributed by atoms with Gasteiger partial charge >= 0.3 is 6.18 Å². The summed E-state index contributed by atoms with van der Waals surface area (Å²) in [6.45, 7) is 8.21. The number of quaternary nitrogens is 1. The second-order valence-corrected chi connectivity index (χ2v) is 7.96. The van der Waals surface area contributed by atoms with Crippen molar-refractivity contribution in [3.05, 3.63) is 22.8 Å². The second kappa shape index (κ2) is 8.42. The first-order valence-electron chi connectivity index (χ1n) is 9.43. The highest BCUT2D eigenvalue weighted by Gasteiger charge is 2.35. The van der Waals surface area contributed by atoms with E-state index in [-0.39, 0.29) is 23.1 Å². The van der Waals surface area contributed by atoms with E-state index in [2.05, 4.69) is 4.98 Å². The molecule has 0 aliphatic carbocycles. The maximum Gasteiger partial charge on any atom is 0.419 e. The zero-order valence-electron chi connectivity index (χ0n) is 16.0. The van der Waals surface area contributed by atoms with E-state index in [0.717, 1.165) is 17.2 Å². The van der Waals surface area contributed by atoms with E-state index in [1.807, 2.05) is 23.6 Å². The van der Waals surface area contributed by atoms with E-state index in [4.69, 9.17) is 16.3 Å². The largest absolute Gasteiger partial charge is 0.419 e. The summed E-state index contributed by atoms with van der Waals surface area (Å²) in [7, 11) is 0. The molecule has 6 nitrogen and oxygen atoms in total. The average Bonchev–Trinajstić information content (AvgIpc) is 2.61. The molecule has 2 aliphatic heterocycles. The van der Waals surface area contributed by atoms with Crippen LogP contribution in [0.3, 0.4) is 0 Å². The minimum Gasteiger partial charge on any atom is -0.372 e. The number of amides is 1. The smallest absolute Gasteiger partial charge is 0.372 e. The second-order valence-electron chi connectivity index (χ2n) is 7.55. The topological polar surface area (TPSA) is 51.4 Å². The molecule has 3 heterocycles. The Morgan fingerprint density at radius 1 is 1.29 bits per heavy atom. The van der Waals surface area contributed by atoms with Crippen LogP contribution < -0.4 is 14.8 Å². The number of piperazine rings is 1. The standard InChI is InChI=1S/C18H24ClF3N4O2/c1-12-9-26(10-13(2)28-12)16(27)11-24-3-5-25(6-4-24)17-15(19)7-14(8-23-17)18(20,21)22/h7-8,12-13H,3-6,9-11H2,1-2H3/p+2/t12-,13-/m1/s1. The molecule has 0 spiro atoms. The van der Waals surface area contributed by atoms with Gasteiger partial charge in [-0.05, 0) is 19.9 Å². The fourth-order valence-electron chi connectivity index (χ4n) is 3.80. The Morgan fingerprint density at radius 2 is 1.89 bits per heavy atom. The van der Waals surface area contributed by atoms with Gasteiger partial charge in [-0.3, -0.25) is 4.79 Å². The lowest BCUT2D eigenvalue weighted by Crippen LogP contribution is -3.16. The van der Waals surface area contributed by atoms with E-state index < -0.39 is 11.7 Å². The van der Waals surface area contributed by atoms with Crippen LogP contribution in [0.2, 0.25) is 5.02 Å². The van der Waals surface area contributed by atoms with Crippen molar-refractivity contribution in [3.63, 3.8) is 0 Å². The molecule has 156 valence electrons. The van der Waals surface area contributed by atoms with Gasteiger partial charge in [-0.2, -0.15) is 13.2 Å². The molecule has 2 saturated heterocycles. The summed E-state index contributed by atoms with van der Waals surface area (Å²) in [5.41, 5.74) is -0.801. The van der Waals surface area contributed by atoms with Crippen LogP contribution in [0, 0.1) is 0 Å². The number of alkyl halides is 3. The Balaban J connectivity index is 1.54. The number of carbonyl (C=O) groups is 1. The number of nitrogens with zero attached hydrogens (tertiary/aromatic N) is 2. The zero-order chi connectivity index (χ0) is 20.5. The predicted molar refractivity (Wildman–Crippen MR) is 97.4 cm³/mol. The minimum absolute atomic E-state index is 0.0388. The molecule has 1 amide bonds. The third kappa shape index (κ3) is 5.07. The van der Waals surface area contributed by atoms with Crippen molar-refractivity contribution in [1.29, 1.82) is 0 Å². The summed E-state index contributed by atoms with van der Waals surface area (Å²) in [5, 5.41) is 0.0469. The molecule has 1 aromatic rings. The number of hydrogen-bond acceptors (Lipinski definition) is 3. The number of H-pyrrole nitrogens is 1. The van der Waals surface area contributed by atoms with Crippen molar-refractivity contribution in [2.24, 2.45) is 0 Å². The van der Waals surface area contributed by atoms with Crippen molar-refractivity contribution < 1.29 is 32.6 Å². The lowest BCUT2D eigenvalue weighted by molar-refractivity contribution is -0.892. The molecule has 0 radical (unpaired) electrons. The fourth-order valence-corrected chi connectivity index (χ4v) is 4.09. The first-order chi connectivity index (χ1) is 13.1. The lowest BCUT2D eigenvalue weighted by atomic mass is 10.2. The van der Waals surface area contributed by atoms with Crippen molar-refractivity contribution in [3.8, 4) is 0 Å². The van der Waals surface area contributed by atoms with E-state index >= 15 is 0 Å². The van der Waals surface area contributed by atoms with E-state index in [1.165, 1.54) is 0 Å². The van der Waals surface area contributed by atoms with Gasteiger partial charge in [0.2, 0.25) is 0 Å². The first-order valence-corrected chi connectivity index (χ1v) is 9.81. The highest BCUT2D eigenvalue weighted by molar-refractivity contribution is 6.32. The summed E-state index contributed by atoms with van der Waals surface area (Å²) in [6.07, 6.45) is -3.42. The van der Waals surface area contributed by atoms with Crippen LogP contribution in [-0.2, 0) is 15.7 Å². The quantitative estimate of drug-likeness (QED) is 0.772. The number of carbonyl (C=O) groups excluding carboxylic acids is 1. The van der Waals surface area contributed by atoms with Crippen LogP contribution in [0.5, 0.6) is 0 Å². The number of aromatic amines is 1. The molecule has 2 aliphatic rings. The predicted octanol–water partition coefficient (Wildman–Crippen LogP) is 0.514. The SMILES string of the molecule is C[C@@H]1CN(C(=O)C[NH+]2CCN(c3[nH+]cc(C(F)(F)F)cc3Cl)CC2)C[C@@H](C)O1. The molecular formula is C18H26ClF3N4O2+2. The molecule has 0 aromatic carbocycles. The number of nitrogens with one attached hydrogen (secondary N) is 2. The average molecular weight is 423 g/mol. The van der Waals surface area contributed by atoms with Gasteiger partial charge in [0.15, 0.2) is 6.54 Å². The van der Waals surface area contributed by atoms with Gasteiger partial charge in [0.05, 0.1) is 17.8 Å². The molecule has 0 bridgehead atoms. The van der Waals surface area contributed by atoms with E-state index in [9.17, 15) is 18.0 Å². The van der Waals surface area contributed by atoms with Gasteiger partial charge < -0.3 is 14.5 Å². The number of aromatic nitrogens is 1. The van der Waals surface area contributed by atoms with Gasteiger partial charge in [-0.1, -0.05) is 11.6 Å². The summed E-state index contributed by atoms with van der Waals surface area (Å²) in [4.78, 5) is 20.2. The highest BCUT2D eigenvalue weighted by atomic mass is 35.5. The molecule has 3 rings (SSSR count). The number of halogens is 4. The lowest BCUT2D eigenvalue weighted by Gasteiger charge is -2.36. The third-order valence-corrected chi connectivity index (χ3v) is 5.45. The minimum atomic E-state index is -4.43. The first kappa shape index (κ1) is 21.1. The maximum absolute atomic E-state index is 12.8. The molecule has 2 N–H and O–H groups in total. The van der Waals surface area contributed by atoms with Crippen LogP contribution in [0.4, 0.5) is 19.0 Å². The van der Waals surface area contributed by atoms with Crippen LogP contribution in [0.1, 0.15) is 19.4 Å². The number of rotatable bonds is 3. The van der Waals surface area contributed by atoms with Crippen LogP contribution >= 0.6 is 11.6 Å². The summed E-state index contributed by atoms with van der Waals surface area (Å²) in [5.74, 6) is 0.598.